The molecule has 20 heavy (non-hydrogen) atoms. The van der Waals surface area contributed by atoms with Crippen LogP contribution in [0.5, 0.6) is 0 Å². The SMILES string of the molecule is O=C(Nc1c(Cl)ncnc1Cl)c1cc(F)c(Cl)cc1F. The Morgan fingerprint density at radius 1 is 1.05 bits per heavy atom. The standard InChI is InChI=1S/C11H4Cl3F2N3O/c12-5-2-6(15)4(1-7(5)16)11(20)19-8-9(13)17-3-18-10(8)14/h1-3H,(H,19,20). The molecule has 0 spiro atoms. The summed E-state index contributed by atoms with van der Waals surface area (Å²) in [6.45, 7) is 0. The Bertz CT molecular complexity index is 677. The fourth-order valence-electron chi connectivity index (χ4n) is 1.33. The molecular weight excluding hydrogens is 334 g/mol. The molecule has 0 aliphatic rings. The van der Waals surface area contributed by atoms with Gasteiger partial charge in [-0.05, 0) is 12.1 Å². The van der Waals surface area contributed by atoms with E-state index in [4.69, 9.17) is 34.8 Å². The van der Waals surface area contributed by atoms with Crippen molar-refractivity contribution < 1.29 is 13.6 Å². The van der Waals surface area contributed by atoms with Crippen molar-refractivity contribution in [3.05, 3.63) is 51.0 Å². The zero-order chi connectivity index (χ0) is 14.9. The van der Waals surface area contributed by atoms with Crippen molar-refractivity contribution in [1.29, 1.82) is 0 Å². The van der Waals surface area contributed by atoms with Gasteiger partial charge in [-0.25, -0.2) is 18.7 Å². The number of benzene rings is 1. The number of nitrogens with one attached hydrogen (secondary N) is 1. The number of amides is 1. The Kier molecular flexibility index (Phi) is 4.37. The van der Waals surface area contributed by atoms with Crippen molar-refractivity contribution in [1.82, 2.24) is 9.97 Å². The minimum absolute atomic E-state index is 0.101. The maximum Gasteiger partial charge on any atom is 0.258 e. The largest absolute Gasteiger partial charge is 0.317 e. The molecule has 2 rings (SSSR count). The van der Waals surface area contributed by atoms with Gasteiger partial charge in [0.25, 0.3) is 5.91 Å². The summed E-state index contributed by atoms with van der Waals surface area (Å²) >= 11 is 16.8. The molecule has 0 unspecified atom stereocenters. The van der Waals surface area contributed by atoms with Gasteiger partial charge in [0.15, 0.2) is 10.3 Å². The van der Waals surface area contributed by atoms with E-state index in [0.717, 1.165) is 6.33 Å². The molecule has 0 fully saturated rings. The van der Waals surface area contributed by atoms with Crippen molar-refractivity contribution in [2.24, 2.45) is 0 Å². The minimum Gasteiger partial charge on any atom is -0.317 e. The van der Waals surface area contributed by atoms with E-state index in [9.17, 15) is 13.6 Å². The second-order valence-corrected chi connectivity index (χ2v) is 4.65. The molecule has 0 saturated heterocycles. The quantitative estimate of drug-likeness (QED) is 0.666. The lowest BCUT2D eigenvalue weighted by atomic mass is 10.2. The van der Waals surface area contributed by atoms with Crippen LogP contribution in [-0.4, -0.2) is 15.9 Å². The summed E-state index contributed by atoms with van der Waals surface area (Å²) in [6, 6.07) is 1.36. The van der Waals surface area contributed by atoms with Gasteiger partial charge in [-0.1, -0.05) is 34.8 Å². The monoisotopic (exact) mass is 337 g/mol. The Morgan fingerprint density at radius 2 is 1.65 bits per heavy atom. The topological polar surface area (TPSA) is 54.9 Å². The summed E-state index contributed by atoms with van der Waals surface area (Å²) in [5, 5.41) is 1.51. The fraction of sp³-hybridized carbons (Fsp3) is 0. The molecule has 1 amide bonds. The first-order valence-corrected chi connectivity index (χ1v) is 6.15. The van der Waals surface area contributed by atoms with Gasteiger partial charge in [-0.2, -0.15) is 0 Å². The molecule has 0 atom stereocenters. The van der Waals surface area contributed by atoms with Crippen molar-refractivity contribution in [3.8, 4) is 0 Å². The van der Waals surface area contributed by atoms with E-state index in [-0.39, 0.29) is 16.0 Å². The minimum atomic E-state index is -0.988. The molecule has 0 radical (unpaired) electrons. The van der Waals surface area contributed by atoms with E-state index in [0.29, 0.717) is 12.1 Å². The molecule has 4 nitrogen and oxygen atoms in total. The van der Waals surface area contributed by atoms with Gasteiger partial charge in [-0.3, -0.25) is 4.79 Å². The number of carbonyl (C=O) groups is 1. The van der Waals surface area contributed by atoms with E-state index in [1.807, 2.05) is 0 Å². The van der Waals surface area contributed by atoms with Crippen LogP contribution in [0.15, 0.2) is 18.5 Å². The van der Waals surface area contributed by atoms with E-state index in [1.54, 1.807) is 0 Å². The number of rotatable bonds is 2. The van der Waals surface area contributed by atoms with Crippen LogP contribution in [0.25, 0.3) is 0 Å². The predicted octanol–water partition coefficient (Wildman–Crippen LogP) is 3.97. The summed E-state index contributed by atoms with van der Waals surface area (Å²) in [5.41, 5.74) is -0.654. The van der Waals surface area contributed by atoms with Crippen LogP contribution in [0, 0.1) is 11.6 Å². The number of carbonyl (C=O) groups excluding carboxylic acids is 1. The molecule has 1 aromatic carbocycles. The maximum absolute atomic E-state index is 13.6. The molecule has 1 N–H and O–H groups in total. The van der Waals surface area contributed by atoms with Crippen molar-refractivity contribution in [2.45, 2.75) is 0 Å². The molecular formula is C11H4Cl3F2N3O. The zero-order valence-corrected chi connectivity index (χ0v) is 11.7. The van der Waals surface area contributed by atoms with Gasteiger partial charge >= 0.3 is 0 Å². The second kappa shape index (κ2) is 5.87. The average Bonchev–Trinajstić information content (AvgIpc) is 2.38. The molecule has 0 bridgehead atoms. The first kappa shape index (κ1) is 14.9. The van der Waals surface area contributed by atoms with Gasteiger partial charge in [0.05, 0.1) is 10.6 Å². The van der Waals surface area contributed by atoms with E-state index in [2.05, 4.69) is 15.3 Å². The smallest absolute Gasteiger partial charge is 0.258 e. The lowest BCUT2D eigenvalue weighted by molar-refractivity contribution is 0.102. The van der Waals surface area contributed by atoms with Crippen LogP contribution in [0.1, 0.15) is 10.4 Å². The first-order chi connectivity index (χ1) is 9.40. The van der Waals surface area contributed by atoms with Crippen LogP contribution in [0.4, 0.5) is 14.5 Å². The first-order valence-electron chi connectivity index (χ1n) is 5.02. The van der Waals surface area contributed by atoms with Gasteiger partial charge < -0.3 is 5.32 Å². The van der Waals surface area contributed by atoms with E-state index >= 15 is 0 Å². The second-order valence-electron chi connectivity index (χ2n) is 3.53. The third-order valence-electron chi connectivity index (χ3n) is 2.25. The Morgan fingerprint density at radius 3 is 2.25 bits per heavy atom. The van der Waals surface area contributed by atoms with Crippen molar-refractivity contribution in [2.75, 3.05) is 5.32 Å². The van der Waals surface area contributed by atoms with Crippen LogP contribution >= 0.6 is 34.8 Å². The predicted molar refractivity (Wildman–Crippen MR) is 71.4 cm³/mol. The van der Waals surface area contributed by atoms with Crippen molar-refractivity contribution in [3.63, 3.8) is 0 Å². The van der Waals surface area contributed by atoms with Gasteiger partial charge in [0.2, 0.25) is 0 Å². The van der Waals surface area contributed by atoms with Crippen LogP contribution in [-0.2, 0) is 0 Å². The number of halogens is 5. The molecule has 2 aromatic rings. The lowest BCUT2D eigenvalue weighted by Gasteiger charge is -2.08. The Labute approximate surface area is 126 Å². The van der Waals surface area contributed by atoms with Crippen LogP contribution < -0.4 is 5.32 Å². The molecule has 0 aliphatic carbocycles. The van der Waals surface area contributed by atoms with Crippen molar-refractivity contribution >= 4 is 46.4 Å². The summed E-state index contributed by atoms with van der Waals surface area (Å²) < 4.78 is 26.8. The van der Waals surface area contributed by atoms with Gasteiger partial charge in [0.1, 0.15) is 23.6 Å². The molecule has 0 aliphatic heterocycles. The summed E-state index contributed by atoms with van der Waals surface area (Å²) in [4.78, 5) is 19.1. The molecule has 1 heterocycles. The Hall–Kier alpha value is -1.50. The number of hydrogen-bond acceptors (Lipinski definition) is 3. The molecule has 9 heteroatoms. The molecule has 104 valence electrons. The van der Waals surface area contributed by atoms with E-state index in [1.165, 1.54) is 0 Å². The van der Waals surface area contributed by atoms with Crippen LogP contribution in [0.2, 0.25) is 15.3 Å². The summed E-state index contributed by atoms with van der Waals surface area (Å²) in [7, 11) is 0. The van der Waals surface area contributed by atoms with E-state index < -0.39 is 28.1 Å². The van der Waals surface area contributed by atoms with Crippen LogP contribution in [0.3, 0.4) is 0 Å². The highest BCUT2D eigenvalue weighted by Crippen LogP contribution is 2.27. The molecule has 0 saturated carbocycles. The number of aromatic nitrogens is 2. The zero-order valence-electron chi connectivity index (χ0n) is 9.42. The summed E-state index contributed by atoms with van der Waals surface area (Å²) in [5.74, 6) is -2.88. The molecule has 1 aromatic heterocycles. The number of anilines is 1. The van der Waals surface area contributed by atoms with Gasteiger partial charge in [0, 0.05) is 0 Å². The third-order valence-corrected chi connectivity index (χ3v) is 3.11. The highest BCUT2D eigenvalue weighted by molar-refractivity contribution is 6.38. The number of nitrogens with zero attached hydrogens (tertiary/aromatic N) is 2. The summed E-state index contributed by atoms with van der Waals surface area (Å²) in [6.07, 6.45) is 1.09. The number of hydrogen-bond donors (Lipinski definition) is 1. The Balaban J connectivity index is 2.36. The highest BCUT2D eigenvalue weighted by atomic mass is 35.5. The highest BCUT2D eigenvalue weighted by Gasteiger charge is 2.18. The third kappa shape index (κ3) is 2.98. The lowest BCUT2D eigenvalue weighted by Crippen LogP contribution is -2.15. The maximum atomic E-state index is 13.6. The average molecular weight is 339 g/mol. The normalized spacial score (nSPS) is 10.4. The fourth-order valence-corrected chi connectivity index (χ4v) is 1.88. The van der Waals surface area contributed by atoms with Gasteiger partial charge in [-0.15, -0.1) is 0 Å².